The molecule has 0 saturated carbocycles. The molecule has 2 nitrogen and oxygen atoms in total. The molecule has 0 aliphatic rings. The maximum Gasteiger partial charge on any atom is 0.174 e. The molecule has 5 heteroatoms. The van der Waals surface area contributed by atoms with E-state index >= 15 is 0 Å². The lowest BCUT2D eigenvalue weighted by atomic mass is 10.1. The van der Waals surface area contributed by atoms with E-state index in [1.54, 1.807) is 18.2 Å². The lowest BCUT2D eigenvalue weighted by molar-refractivity contribution is 0.102. The van der Waals surface area contributed by atoms with E-state index in [4.69, 9.17) is 28.3 Å². The molecule has 0 bridgehead atoms. The molecule has 0 aliphatic carbocycles. The van der Waals surface area contributed by atoms with Gasteiger partial charge in [-0.15, -0.1) is 0 Å². The molecule has 0 unspecified atom stereocenters. The molecular weight excluding hydrogens is 255 g/mol. The lowest BCUT2D eigenvalue weighted by Gasteiger charge is -2.03. The first-order chi connectivity index (χ1) is 7.15. The van der Waals surface area contributed by atoms with Crippen LogP contribution in [0.2, 0.25) is 10.0 Å². The van der Waals surface area contributed by atoms with E-state index in [2.05, 4.69) is 0 Å². The second kappa shape index (κ2) is 6.38. The van der Waals surface area contributed by atoms with Crippen molar-refractivity contribution in [1.82, 2.24) is 0 Å². The van der Waals surface area contributed by atoms with E-state index < -0.39 is 0 Å². The van der Waals surface area contributed by atoms with Gasteiger partial charge < -0.3 is 5.11 Å². The van der Waals surface area contributed by atoms with Crippen LogP contribution in [-0.2, 0) is 0 Å². The molecule has 82 valence electrons. The van der Waals surface area contributed by atoms with Gasteiger partial charge in [-0.05, 0) is 18.2 Å². The minimum absolute atomic E-state index is 0.0686. The fourth-order valence-electron chi connectivity index (χ4n) is 1.02. The Morgan fingerprint density at radius 3 is 2.80 bits per heavy atom. The fraction of sp³-hybridized carbons (Fsp3) is 0.300. The third-order valence-corrected chi connectivity index (χ3v) is 3.20. The number of carbonyl (C=O) groups is 1. The summed E-state index contributed by atoms with van der Waals surface area (Å²) in [4.78, 5) is 11.6. The number of Topliss-reactive ketones (excluding diaryl/α,β-unsaturated/α-hetero) is 1. The van der Waals surface area contributed by atoms with Gasteiger partial charge in [-0.25, -0.2) is 0 Å². The Balaban J connectivity index is 2.68. The zero-order valence-corrected chi connectivity index (χ0v) is 10.2. The number of halogens is 2. The third kappa shape index (κ3) is 4.03. The van der Waals surface area contributed by atoms with Crippen molar-refractivity contribution in [1.29, 1.82) is 0 Å². The van der Waals surface area contributed by atoms with Gasteiger partial charge in [0.15, 0.2) is 5.78 Å². The average molecular weight is 265 g/mol. The summed E-state index contributed by atoms with van der Waals surface area (Å²) in [6, 6.07) is 4.81. The predicted octanol–water partition coefficient (Wildman–Crippen LogP) is 2.90. The Labute approximate surface area is 103 Å². The lowest BCUT2D eigenvalue weighted by Crippen LogP contribution is -2.04. The van der Waals surface area contributed by atoms with Crippen molar-refractivity contribution in [3.63, 3.8) is 0 Å². The van der Waals surface area contributed by atoms with E-state index in [1.807, 2.05) is 0 Å². The topological polar surface area (TPSA) is 37.3 Å². The summed E-state index contributed by atoms with van der Waals surface area (Å²) in [5.41, 5.74) is 0.439. The van der Waals surface area contributed by atoms with E-state index in [-0.39, 0.29) is 12.4 Å². The number of hydrogen-bond acceptors (Lipinski definition) is 3. The molecule has 0 radical (unpaired) electrons. The Morgan fingerprint density at radius 2 is 2.13 bits per heavy atom. The van der Waals surface area contributed by atoms with Crippen LogP contribution in [0.5, 0.6) is 0 Å². The number of thioether (sulfide) groups is 1. The zero-order valence-electron chi connectivity index (χ0n) is 7.87. The maximum atomic E-state index is 11.6. The van der Waals surface area contributed by atoms with Gasteiger partial charge in [0, 0.05) is 16.3 Å². The van der Waals surface area contributed by atoms with Gasteiger partial charge in [0.1, 0.15) is 0 Å². The number of benzene rings is 1. The van der Waals surface area contributed by atoms with Crippen LogP contribution in [0.1, 0.15) is 10.4 Å². The van der Waals surface area contributed by atoms with Crippen molar-refractivity contribution >= 4 is 40.7 Å². The van der Waals surface area contributed by atoms with E-state index in [9.17, 15) is 4.79 Å². The van der Waals surface area contributed by atoms with E-state index in [1.165, 1.54) is 11.8 Å². The molecule has 0 spiro atoms. The maximum absolute atomic E-state index is 11.6. The van der Waals surface area contributed by atoms with Crippen LogP contribution in [0.25, 0.3) is 0 Å². The number of ketones is 1. The monoisotopic (exact) mass is 264 g/mol. The van der Waals surface area contributed by atoms with E-state index in [0.29, 0.717) is 27.1 Å². The first-order valence-corrected chi connectivity index (χ1v) is 6.23. The van der Waals surface area contributed by atoms with Crippen molar-refractivity contribution in [2.75, 3.05) is 18.1 Å². The second-order valence-corrected chi connectivity index (χ2v) is 4.77. The summed E-state index contributed by atoms with van der Waals surface area (Å²) in [6.45, 7) is 0.0707. The highest BCUT2D eigenvalue weighted by atomic mass is 35.5. The first-order valence-electron chi connectivity index (χ1n) is 4.32. The van der Waals surface area contributed by atoms with Gasteiger partial charge in [0.25, 0.3) is 0 Å². The minimum atomic E-state index is -0.0686. The standard InChI is InChI=1S/C10H10Cl2O2S/c11-7-1-2-9(12)8(5-7)10(14)6-15-4-3-13/h1-2,5,13H,3-4,6H2. The van der Waals surface area contributed by atoms with E-state index in [0.717, 1.165) is 0 Å². The fourth-order valence-corrected chi connectivity index (χ4v) is 2.03. The smallest absolute Gasteiger partial charge is 0.174 e. The molecule has 0 amide bonds. The average Bonchev–Trinajstić information content (AvgIpc) is 2.22. The first kappa shape index (κ1) is 12.8. The van der Waals surface area contributed by atoms with Crippen LogP contribution < -0.4 is 0 Å². The predicted molar refractivity (Wildman–Crippen MR) is 65.2 cm³/mol. The van der Waals surface area contributed by atoms with Crippen molar-refractivity contribution in [3.8, 4) is 0 Å². The molecule has 0 atom stereocenters. The second-order valence-electron chi connectivity index (χ2n) is 2.82. The molecule has 0 aromatic heterocycles. The van der Waals surface area contributed by atoms with Crippen molar-refractivity contribution in [3.05, 3.63) is 33.8 Å². The summed E-state index contributed by atoms with van der Waals surface area (Å²) in [7, 11) is 0. The van der Waals surface area contributed by atoms with Crippen molar-refractivity contribution < 1.29 is 9.90 Å². The Kier molecular flexibility index (Phi) is 5.47. The van der Waals surface area contributed by atoms with Crippen LogP contribution in [0, 0.1) is 0 Å². The molecule has 0 fully saturated rings. The summed E-state index contributed by atoms with van der Waals surface area (Å²) in [5, 5.41) is 9.48. The van der Waals surface area contributed by atoms with Gasteiger partial charge in [-0.1, -0.05) is 23.2 Å². The quantitative estimate of drug-likeness (QED) is 0.657. The van der Waals surface area contributed by atoms with Crippen LogP contribution in [-0.4, -0.2) is 29.0 Å². The number of carbonyl (C=O) groups excluding carboxylic acids is 1. The molecule has 1 rings (SSSR count). The summed E-state index contributed by atoms with van der Waals surface area (Å²) in [5.74, 6) is 0.783. The highest BCUT2D eigenvalue weighted by Crippen LogP contribution is 2.22. The molecule has 0 aliphatic heterocycles. The highest BCUT2D eigenvalue weighted by Gasteiger charge is 2.10. The zero-order chi connectivity index (χ0) is 11.3. The van der Waals surface area contributed by atoms with Gasteiger partial charge in [0.05, 0.1) is 17.4 Å². The van der Waals surface area contributed by atoms with Gasteiger partial charge in [0.2, 0.25) is 0 Å². The number of hydrogen-bond donors (Lipinski definition) is 1. The third-order valence-electron chi connectivity index (χ3n) is 1.70. The summed E-state index contributed by atoms with van der Waals surface area (Å²) >= 11 is 13.0. The molecule has 15 heavy (non-hydrogen) atoms. The number of aliphatic hydroxyl groups is 1. The normalized spacial score (nSPS) is 10.3. The molecular formula is C10H10Cl2O2S. The van der Waals surface area contributed by atoms with Crippen molar-refractivity contribution in [2.45, 2.75) is 0 Å². The summed E-state index contributed by atoms with van der Waals surface area (Å²) in [6.07, 6.45) is 0. The Bertz CT molecular complexity index is 355. The van der Waals surface area contributed by atoms with Gasteiger partial charge in [-0.2, -0.15) is 11.8 Å². The SMILES string of the molecule is O=C(CSCCO)c1cc(Cl)ccc1Cl. The molecule has 1 aromatic rings. The summed E-state index contributed by atoms with van der Waals surface area (Å²) < 4.78 is 0. The largest absolute Gasteiger partial charge is 0.396 e. The van der Waals surface area contributed by atoms with Crippen LogP contribution in [0.3, 0.4) is 0 Å². The van der Waals surface area contributed by atoms with Crippen LogP contribution in [0.15, 0.2) is 18.2 Å². The molecule has 0 saturated heterocycles. The number of aliphatic hydroxyl groups excluding tert-OH is 1. The Hall–Kier alpha value is -0.220. The van der Waals surface area contributed by atoms with Gasteiger partial charge >= 0.3 is 0 Å². The Morgan fingerprint density at radius 1 is 1.40 bits per heavy atom. The van der Waals surface area contributed by atoms with Crippen molar-refractivity contribution in [2.24, 2.45) is 0 Å². The minimum Gasteiger partial charge on any atom is -0.396 e. The molecule has 1 aromatic carbocycles. The molecule has 0 heterocycles. The van der Waals surface area contributed by atoms with Gasteiger partial charge in [-0.3, -0.25) is 4.79 Å². The molecule has 1 N–H and O–H groups in total. The highest BCUT2D eigenvalue weighted by molar-refractivity contribution is 8.00. The number of rotatable bonds is 5. The van der Waals surface area contributed by atoms with Crippen LogP contribution >= 0.6 is 35.0 Å². The van der Waals surface area contributed by atoms with Crippen LogP contribution in [0.4, 0.5) is 0 Å².